The second-order valence-corrected chi connectivity index (χ2v) is 2.20. The lowest BCUT2D eigenvalue weighted by Gasteiger charge is -2.09. The van der Waals surface area contributed by atoms with E-state index in [4.69, 9.17) is 15.9 Å². The van der Waals surface area contributed by atoms with Crippen LogP contribution in [-0.2, 0) is 0 Å². The van der Waals surface area contributed by atoms with Crippen LogP contribution in [0.1, 0.15) is 6.42 Å². The van der Waals surface area contributed by atoms with E-state index < -0.39 is 0 Å². The number of hydrogen-bond acceptors (Lipinski definition) is 4. The van der Waals surface area contributed by atoms with Crippen molar-refractivity contribution in [2.75, 3.05) is 26.3 Å². The van der Waals surface area contributed by atoms with Gasteiger partial charge in [0.05, 0.1) is 6.61 Å². The molecule has 0 aromatic heterocycles. The van der Waals surface area contributed by atoms with E-state index in [2.05, 4.69) is 5.32 Å². The van der Waals surface area contributed by atoms with E-state index in [-0.39, 0.29) is 19.3 Å². The Labute approximate surface area is 61.0 Å². The van der Waals surface area contributed by atoms with Gasteiger partial charge in [-0.3, -0.25) is 0 Å². The topological polar surface area (TPSA) is 78.5 Å². The molecule has 5 N–H and O–H groups in total. The average molecular weight is 148 g/mol. The molecule has 0 amide bonds. The van der Waals surface area contributed by atoms with Crippen LogP contribution in [0.3, 0.4) is 0 Å². The molecule has 0 aliphatic rings. The van der Waals surface area contributed by atoms with Gasteiger partial charge >= 0.3 is 0 Å². The number of hydrogen-bond donors (Lipinski definition) is 4. The molecule has 1 atom stereocenters. The van der Waals surface area contributed by atoms with Crippen molar-refractivity contribution in [3.05, 3.63) is 0 Å². The van der Waals surface area contributed by atoms with Crippen LogP contribution in [0, 0.1) is 0 Å². The quantitative estimate of drug-likeness (QED) is 0.338. The van der Waals surface area contributed by atoms with Gasteiger partial charge in [-0.2, -0.15) is 0 Å². The number of aliphatic hydroxyl groups excluding tert-OH is 2. The lowest BCUT2D eigenvalue weighted by Crippen LogP contribution is -2.35. The zero-order valence-corrected chi connectivity index (χ0v) is 6.08. The van der Waals surface area contributed by atoms with Gasteiger partial charge in [0.2, 0.25) is 0 Å². The fraction of sp³-hybridized carbons (Fsp3) is 1.00. The molecule has 0 saturated heterocycles. The van der Waals surface area contributed by atoms with Gasteiger partial charge in [0.25, 0.3) is 0 Å². The highest BCUT2D eigenvalue weighted by atomic mass is 16.3. The second-order valence-electron chi connectivity index (χ2n) is 2.20. The maximum atomic E-state index is 8.44. The Morgan fingerprint density at radius 3 is 2.50 bits per heavy atom. The van der Waals surface area contributed by atoms with Crippen LogP contribution in [0.25, 0.3) is 0 Å². The number of rotatable bonds is 6. The zero-order valence-electron chi connectivity index (χ0n) is 6.08. The minimum absolute atomic E-state index is 0.00319. The first-order chi connectivity index (χ1) is 4.81. The highest BCUT2D eigenvalue weighted by molar-refractivity contribution is 4.62. The Balaban J connectivity index is 2.97. The lowest BCUT2D eigenvalue weighted by molar-refractivity contribution is 0.267. The number of nitrogens with two attached hydrogens (primary N) is 1. The maximum Gasteiger partial charge on any atom is 0.0555 e. The Kier molecular flexibility index (Phi) is 6.84. The van der Waals surface area contributed by atoms with Crippen molar-refractivity contribution in [3.63, 3.8) is 0 Å². The van der Waals surface area contributed by atoms with Crippen molar-refractivity contribution in [2.45, 2.75) is 12.5 Å². The van der Waals surface area contributed by atoms with Gasteiger partial charge in [-0.05, 0) is 6.42 Å². The molecule has 1 unspecified atom stereocenters. The van der Waals surface area contributed by atoms with E-state index in [0.29, 0.717) is 19.5 Å². The fourth-order valence-corrected chi connectivity index (χ4v) is 0.634. The number of aliphatic hydroxyl groups is 2. The molecule has 62 valence electrons. The summed E-state index contributed by atoms with van der Waals surface area (Å²) < 4.78 is 0. The molecule has 0 radical (unpaired) electrons. The van der Waals surface area contributed by atoms with Gasteiger partial charge < -0.3 is 21.3 Å². The summed E-state index contributed by atoms with van der Waals surface area (Å²) in [5, 5.41) is 19.7. The van der Waals surface area contributed by atoms with E-state index in [1.807, 2.05) is 0 Å². The highest BCUT2D eigenvalue weighted by Gasteiger charge is 1.98. The molecule has 0 heterocycles. The predicted molar refractivity (Wildman–Crippen MR) is 39.6 cm³/mol. The fourth-order valence-electron chi connectivity index (χ4n) is 0.634. The third-order valence-corrected chi connectivity index (χ3v) is 1.19. The van der Waals surface area contributed by atoms with Gasteiger partial charge in [0.1, 0.15) is 0 Å². The lowest BCUT2D eigenvalue weighted by atomic mass is 10.2. The van der Waals surface area contributed by atoms with Crippen LogP contribution in [0.2, 0.25) is 0 Å². The van der Waals surface area contributed by atoms with Crippen LogP contribution in [-0.4, -0.2) is 42.6 Å². The molecule has 10 heavy (non-hydrogen) atoms. The zero-order chi connectivity index (χ0) is 7.82. The first-order valence-corrected chi connectivity index (χ1v) is 3.49. The monoisotopic (exact) mass is 148 g/mol. The van der Waals surface area contributed by atoms with E-state index in [1.165, 1.54) is 0 Å². The molecule has 0 saturated carbocycles. The Morgan fingerprint density at radius 2 is 2.00 bits per heavy atom. The molecule has 0 aromatic carbocycles. The number of nitrogens with one attached hydrogen (secondary N) is 1. The molecule has 0 spiro atoms. The standard InChI is InChI=1S/C6H16N2O2/c7-6(1-3-9)5-8-2-4-10/h6,8-10H,1-5,7H2. The maximum absolute atomic E-state index is 8.44. The third-order valence-electron chi connectivity index (χ3n) is 1.19. The predicted octanol–water partition coefficient (Wildman–Crippen LogP) is -1.72. The molecule has 4 nitrogen and oxygen atoms in total. The second kappa shape index (κ2) is 6.95. The molecule has 4 heteroatoms. The van der Waals surface area contributed by atoms with Gasteiger partial charge in [-0.1, -0.05) is 0 Å². The van der Waals surface area contributed by atoms with Crippen molar-refractivity contribution in [2.24, 2.45) is 5.73 Å². The van der Waals surface area contributed by atoms with Crippen LogP contribution < -0.4 is 11.1 Å². The largest absolute Gasteiger partial charge is 0.396 e. The van der Waals surface area contributed by atoms with E-state index in [1.54, 1.807) is 0 Å². The molecule has 0 rings (SSSR count). The highest BCUT2D eigenvalue weighted by Crippen LogP contribution is 1.82. The average Bonchev–Trinajstić information content (AvgIpc) is 1.89. The van der Waals surface area contributed by atoms with Crippen LogP contribution >= 0.6 is 0 Å². The van der Waals surface area contributed by atoms with Crippen molar-refractivity contribution in [3.8, 4) is 0 Å². The van der Waals surface area contributed by atoms with Gasteiger partial charge in [0.15, 0.2) is 0 Å². The van der Waals surface area contributed by atoms with Gasteiger partial charge in [-0.25, -0.2) is 0 Å². The first-order valence-electron chi connectivity index (χ1n) is 3.49. The molecule has 0 fully saturated rings. The molecule has 0 aliphatic heterocycles. The minimum atomic E-state index is -0.00319. The summed E-state index contributed by atoms with van der Waals surface area (Å²) >= 11 is 0. The smallest absolute Gasteiger partial charge is 0.0555 e. The normalized spacial score (nSPS) is 13.5. The molecule has 0 aliphatic carbocycles. The van der Waals surface area contributed by atoms with Crippen LogP contribution in [0.5, 0.6) is 0 Å². The first kappa shape index (κ1) is 9.84. The molecule has 0 aromatic rings. The van der Waals surface area contributed by atoms with Crippen molar-refractivity contribution in [1.82, 2.24) is 5.32 Å². The Hall–Kier alpha value is -0.160. The summed E-state index contributed by atoms with van der Waals surface area (Å²) in [6, 6.07) is -0.00319. The molecule has 0 bridgehead atoms. The SMILES string of the molecule is NC(CCO)CNCCO. The van der Waals surface area contributed by atoms with Crippen molar-refractivity contribution in [1.29, 1.82) is 0 Å². The summed E-state index contributed by atoms with van der Waals surface area (Å²) in [7, 11) is 0. The van der Waals surface area contributed by atoms with Crippen LogP contribution in [0.4, 0.5) is 0 Å². The summed E-state index contributed by atoms with van der Waals surface area (Å²) in [6.07, 6.45) is 0.610. The summed E-state index contributed by atoms with van der Waals surface area (Å²) in [5.74, 6) is 0. The summed E-state index contributed by atoms with van der Waals surface area (Å²) in [6.45, 7) is 1.48. The molecular weight excluding hydrogens is 132 g/mol. The Morgan fingerprint density at radius 1 is 1.30 bits per heavy atom. The minimum Gasteiger partial charge on any atom is -0.396 e. The van der Waals surface area contributed by atoms with Crippen molar-refractivity contribution < 1.29 is 10.2 Å². The van der Waals surface area contributed by atoms with Crippen LogP contribution in [0.15, 0.2) is 0 Å². The Bertz CT molecular complexity index is 70.8. The van der Waals surface area contributed by atoms with E-state index >= 15 is 0 Å². The summed E-state index contributed by atoms with van der Waals surface area (Å²) in [5.41, 5.74) is 5.52. The van der Waals surface area contributed by atoms with Gasteiger partial charge in [-0.15, -0.1) is 0 Å². The van der Waals surface area contributed by atoms with E-state index in [9.17, 15) is 0 Å². The van der Waals surface area contributed by atoms with Crippen molar-refractivity contribution >= 4 is 0 Å². The summed E-state index contributed by atoms with van der Waals surface area (Å²) in [4.78, 5) is 0. The third kappa shape index (κ3) is 5.97. The molecular formula is C6H16N2O2. The van der Waals surface area contributed by atoms with Gasteiger partial charge in [0, 0.05) is 25.7 Å². The van der Waals surface area contributed by atoms with E-state index in [0.717, 1.165) is 0 Å².